The van der Waals surface area contributed by atoms with Crippen molar-refractivity contribution < 1.29 is 0 Å². The van der Waals surface area contributed by atoms with E-state index in [-0.39, 0.29) is 0 Å². The third-order valence-corrected chi connectivity index (χ3v) is 7.70. The van der Waals surface area contributed by atoms with Gasteiger partial charge in [-0.15, -0.1) is 5.10 Å². The van der Waals surface area contributed by atoms with Crippen LogP contribution >= 0.6 is 0 Å². The Kier molecular flexibility index (Phi) is 5.54. The van der Waals surface area contributed by atoms with Crippen LogP contribution in [0.15, 0.2) is 110 Å². The lowest BCUT2D eigenvalue weighted by molar-refractivity contribution is 0.202. The Balaban J connectivity index is 1.69. The van der Waals surface area contributed by atoms with Gasteiger partial charge in [0.05, 0.1) is 22.5 Å². The zero-order chi connectivity index (χ0) is 26.1. The Hall–Kier alpha value is -5.05. The third kappa shape index (κ3) is 3.43. The fourth-order valence-electron chi connectivity index (χ4n) is 6.26. The molecule has 1 aliphatic rings. The van der Waals surface area contributed by atoms with E-state index in [1.807, 2.05) is 54.9 Å². The normalized spacial score (nSPS) is 21.2. The highest BCUT2D eigenvalue weighted by molar-refractivity contribution is 5.81. The van der Waals surface area contributed by atoms with Crippen molar-refractivity contribution in [3.05, 3.63) is 133 Å². The number of rotatable bonds is 5. The highest BCUT2D eigenvalue weighted by Gasteiger charge is 2.65. The Morgan fingerprint density at radius 3 is 2.36 bits per heavy atom. The number of pyridine rings is 1. The number of piperidine rings is 1. The summed E-state index contributed by atoms with van der Waals surface area (Å²) in [5, 5.41) is 9.95. The molecule has 39 heavy (non-hydrogen) atoms. The monoisotopic (exact) mass is 511 g/mol. The quantitative estimate of drug-likeness (QED) is 0.361. The van der Waals surface area contributed by atoms with Crippen LogP contribution in [-0.2, 0) is 11.0 Å². The van der Waals surface area contributed by atoms with Gasteiger partial charge in [-0.05, 0) is 60.7 Å². The van der Waals surface area contributed by atoms with Gasteiger partial charge < -0.3 is 9.88 Å². The second-order valence-corrected chi connectivity index (χ2v) is 9.60. The zero-order valence-corrected chi connectivity index (χ0v) is 21.1. The molecule has 190 valence electrons. The number of nitrogens with one attached hydrogen (secondary N) is 1. The zero-order valence-electron chi connectivity index (χ0n) is 21.1. The maximum absolute atomic E-state index is 4.98. The van der Waals surface area contributed by atoms with Crippen molar-refractivity contribution in [2.75, 3.05) is 11.4 Å². The number of aromatic amines is 1. The molecule has 2 atom stereocenters. The predicted octanol–water partition coefficient (Wildman–Crippen LogP) is 4.46. The van der Waals surface area contributed by atoms with Gasteiger partial charge in [0.2, 0.25) is 0 Å². The summed E-state index contributed by atoms with van der Waals surface area (Å²) in [6, 6.07) is 22.2. The van der Waals surface area contributed by atoms with Crippen LogP contribution in [0, 0.1) is 0 Å². The van der Waals surface area contributed by atoms with Gasteiger partial charge in [0.15, 0.2) is 17.2 Å². The van der Waals surface area contributed by atoms with E-state index < -0.39 is 11.0 Å². The number of hydrogen-bond donors (Lipinski definition) is 1. The molecule has 6 aromatic rings. The predicted molar refractivity (Wildman–Crippen MR) is 147 cm³/mol. The van der Waals surface area contributed by atoms with Crippen LogP contribution in [0.4, 0.5) is 5.82 Å². The SMILES string of the molecule is c1ccc(C2(c3cnccn3)CCCN(c3cccnn3)C2(c2ncccn2)c2cc3ccccc3[nH]2)nc1. The second-order valence-electron chi connectivity index (χ2n) is 9.60. The van der Waals surface area contributed by atoms with Crippen molar-refractivity contribution in [2.45, 2.75) is 23.8 Å². The Bertz CT molecular complexity index is 1620. The number of fused-ring (bicyclic) bond motifs is 1. The number of anilines is 1. The fraction of sp³-hybridized carbons (Fsp3) is 0.167. The molecule has 0 radical (unpaired) electrons. The topological polar surface area (TPSA) is 109 Å². The molecule has 0 aliphatic carbocycles. The largest absolute Gasteiger partial charge is 0.356 e. The van der Waals surface area contributed by atoms with Crippen LogP contribution in [-0.4, -0.2) is 46.6 Å². The molecule has 0 amide bonds. The summed E-state index contributed by atoms with van der Waals surface area (Å²) in [6.07, 6.45) is 13.9. The van der Waals surface area contributed by atoms with Gasteiger partial charge in [-0.25, -0.2) is 9.97 Å². The molecule has 1 aliphatic heterocycles. The van der Waals surface area contributed by atoms with Gasteiger partial charge in [-0.3, -0.25) is 15.0 Å². The lowest BCUT2D eigenvalue weighted by Gasteiger charge is -2.57. The maximum Gasteiger partial charge on any atom is 0.161 e. The van der Waals surface area contributed by atoms with Gasteiger partial charge in [0, 0.05) is 55.4 Å². The van der Waals surface area contributed by atoms with Crippen LogP contribution in [0.1, 0.15) is 35.7 Å². The van der Waals surface area contributed by atoms with E-state index in [1.54, 1.807) is 31.0 Å². The number of para-hydroxylation sites is 1. The van der Waals surface area contributed by atoms with E-state index in [0.717, 1.165) is 40.8 Å². The molecule has 1 aromatic carbocycles. The molecule has 1 fully saturated rings. The molecule has 6 heterocycles. The van der Waals surface area contributed by atoms with E-state index in [4.69, 9.17) is 19.9 Å². The van der Waals surface area contributed by atoms with Crippen molar-refractivity contribution in [2.24, 2.45) is 0 Å². The first-order valence-electron chi connectivity index (χ1n) is 12.9. The van der Waals surface area contributed by atoms with E-state index in [1.165, 1.54) is 0 Å². The molecule has 1 saturated heterocycles. The molecular formula is C30H25N9. The molecule has 2 unspecified atom stereocenters. The van der Waals surface area contributed by atoms with Gasteiger partial charge in [0.1, 0.15) is 0 Å². The Labute approximate surface area is 225 Å². The summed E-state index contributed by atoms with van der Waals surface area (Å²) in [5.74, 6) is 1.32. The highest BCUT2D eigenvalue weighted by atomic mass is 15.3. The molecule has 9 heteroatoms. The number of aromatic nitrogens is 8. The average molecular weight is 512 g/mol. The third-order valence-electron chi connectivity index (χ3n) is 7.70. The molecule has 0 spiro atoms. The first-order valence-corrected chi connectivity index (χ1v) is 12.9. The Morgan fingerprint density at radius 1 is 0.744 bits per heavy atom. The number of hydrogen-bond acceptors (Lipinski definition) is 8. The molecule has 5 aromatic heterocycles. The molecule has 1 N–H and O–H groups in total. The molecule has 7 rings (SSSR count). The molecular weight excluding hydrogens is 486 g/mol. The highest BCUT2D eigenvalue weighted by Crippen LogP contribution is 2.58. The number of nitrogens with zero attached hydrogens (tertiary/aromatic N) is 8. The lowest BCUT2D eigenvalue weighted by Crippen LogP contribution is -2.66. The number of benzene rings is 1. The van der Waals surface area contributed by atoms with Crippen molar-refractivity contribution in [1.29, 1.82) is 0 Å². The second kappa shape index (κ2) is 9.36. The first-order chi connectivity index (χ1) is 19.3. The summed E-state index contributed by atoms with van der Waals surface area (Å²) in [4.78, 5) is 30.4. The average Bonchev–Trinajstić information content (AvgIpc) is 3.47. The van der Waals surface area contributed by atoms with Gasteiger partial charge in [0.25, 0.3) is 0 Å². The van der Waals surface area contributed by atoms with Crippen molar-refractivity contribution >= 4 is 16.7 Å². The van der Waals surface area contributed by atoms with Crippen LogP contribution in [0.2, 0.25) is 0 Å². The molecule has 0 bridgehead atoms. The summed E-state index contributed by atoms with van der Waals surface area (Å²) >= 11 is 0. The minimum Gasteiger partial charge on any atom is -0.356 e. The standard InChI is InChI=1S/C30H25N9/c1-2-9-23-22(8-1)20-25(37-23)30(28-34-14-7-15-35-28)29(24-10-3-4-13-32-24,26-21-31-17-18-33-26)12-6-19-39(30)27-11-5-16-36-38-27/h1-5,7-11,13-18,20-21,37H,6,12,19H2. The van der Waals surface area contributed by atoms with Gasteiger partial charge in [-0.1, -0.05) is 24.3 Å². The molecule has 0 saturated carbocycles. The van der Waals surface area contributed by atoms with E-state index in [0.29, 0.717) is 18.2 Å². The smallest absolute Gasteiger partial charge is 0.161 e. The maximum atomic E-state index is 4.98. The fourth-order valence-corrected chi connectivity index (χ4v) is 6.26. The van der Waals surface area contributed by atoms with Crippen molar-refractivity contribution in [3.63, 3.8) is 0 Å². The summed E-state index contributed by atoms with van der Waals surface area (Å²) in [5.41, 5.74) is 1.68. The minimum absolute atomic E-state index is 0.609. The Morgan fingerprint density at radius 2 is 1.59 bits per heavy atom. The van der Waals surface area contributed by atoms with Crippen molar-refractivity contribution in [3.8, 4) is 0 Å². The molecule has 9 nitrogen and oxygen atoms in total. The first kappa shape index (κ1) is 23.1. The van der Waals surface area contributed by atoms with Crippen LogP contribution in [0.5, 0.6) is 0 Å². The van der Waals surface area contributed by atoms with Crippen LogP contribution in [0.25, 0.3) is 10.9 Å². The van der Waals surface area contributed by atoms with E-state index in [9.17, 15) is 0 Å². The summed E-state index contributed by atoms with van der Waals surface area (Å²) in [7, 11) is 0. The minimum atomic E-state index is -1.04. The lowest BCUT2D eigenvalue weighted by atomic mass is 9.57. The summed E-state index contributed by atoms with van der Waals surface area (Å²) < 4.78 is 0. The van der Waals surface area contributed by atoms with Gasteiger partial charge >= 0.3 is 0 Å². The van der Waals surface area contributed by atoms with Gasteiger partial charge in [-0.2, -0.15) is 5.10 Å². The summed E-state index contributed by atoms with van der Waals surface area (Å²) in [6.45, 7) is 0.696. The van der Waals surface area contributed by atoms with Crippen LogP contribution in [0.3, 0.4) is 0 Å². The number of H-pyrrole nitrogens is 1. The van der Waals surface area contributed by atoms with E-state index >= 15 is 0 Å². The van der Waals surface area contributed by atoms with Crippen molar-refractivity contribution in [1.82, 2.24) is 40.1 Å². The van der Waals surface area contributed by atoms with E-state index in [2.05, 4.69) is 49.3 Å². The van der Waals surface area contributed by atoms with Crippen LogP contribution < -0.4 is 4.90 Å².